The number of anilines is 1. The number of hydrogen-bond donors (Lipinski definition) is 2. The standard InChI is InChI=1S/C28H37N3O4/c1-21(32)28(31-18-16-30(17-19-31)25-13-7-9-15-27(25)34-3)35-29-24-12-6-4-10-22(24)20-23-11-5-8-14-26(23)33-2/h5,7-9,11-15,20-21,28-29,32H,4,6,10,16-19H2,1-3H3/t21-,28+/m1/s1. The van der Waals surface area contributed by atoms with Gasteiger partial charge < -0.3 is 19.5 Å². The van der Waals surface area contributed by atoms with E-state index in [0.29, 0.717) is 0 Å². The highest BCUT2D eigenvalue weighted by atomic mass is 16.7. The summed E-state index contributed by atoms with van der Waals surface area (Å²) in [6.45, 7) is 4.99. The van der Waals surface area contributed by atoms with E-state index >= 15 is 0 Å². The van der Waals surface area contributed by atoms with Crippen molar-refractivity contribution < 1.29 is 19.4 Å². The number of ether oxygens (including phenoxy) is 2. The minimum absolute atomic E-state index is 0.454. The van der Waals surface area contributed by atoms with Gasteiger partial charge >= 0.3 is 0 Å². The zero-order chi connectivity index (χ0) is 24.6. The molecule has 0 bridgehead atoms. The number of nitrogens with one attached hydrogen (secondary N) is 1. The molecule has 35 heavy (non-hydrogen) atoms. The first-order valence-corrected chi connectivity index (χ1v) is 12.4. The Bertz CT molecular complexity index is 1030. The van der Waals surface area contributed by atoms with E-state index in [1.54, 1.807) is 21.1 Å². The number of allylic oxidation sites excluding steroid dienone is 2. The number of piperazine rings is 1. The third-order valence-corrected chi connectivity index (χ3v) is 6.62. The molecular formula is C28H37N3O4. The van der Waals surface area contributed by atoms with Crippen molar-refractivity contribution in [3.63, 3.8) is 0 Å². The highest BCUT2D eigenvalue weighted by Crippen LogP contribution is 2.30. The molecule has 1 heterocycles. The molecule has 0 radical (unpaired) electrons. The van der Waals surface area contributed by atoms with Gasteiger partial charge in [0.25, 0.3) is 0 Å². The van der Waals surface area contributed by atoms with Gasteiger partial charge in [-0.1, -0.05) is 36.4 Å². The molecule has 7 heteroatoms. The van der Waals surface area contributed by atoms with Gasteiger partial charge in [-0.15, -0.1) is 0 Å². The molecule has 4 rings (SSSR count). The number of benzene rings is 2. The summed E-state index contributed by atoms with van der Waals surface area (Å²) in [5, 5.41) is 10.5. The predicted octanol–water partition coefficient (Wildman–Crippen LogP) is 4.21. The second kappa shape index (κ2) is 12.1. The van der Waals surface area contributed by atoms with Crippen LogP contribution in [0.2, 0.25) is 0 Å². The van der Waals surface area contributed by atoms with Gasteiger partial charge in [-0.2, -0.15) is 0 Å². The van der Waals surface area contributed by atoms with Crippen molar-refractivity contribution in [1.29, 1.82) is 0 Å². The summed E-state index contributed by atoms with van der Waals surface area (Å²) >= 11 is 0. The Morgan fingerprint density at radius 1 is 0.943 bits per heavy atom. The normalized spacial score (nSPS) is 19.7. The molecule has 0 aromatic heterocycles. The number of nitrogens with zero attached hydrogens (tertiary/aromatic N) is 2. The molecule has 1 fully saturated rings. The lowest BCUT2D eigenvalue weighted by Crippen LogP contribution is -2.55. The molecule has 1 saturated heterocycles. The van der Waals surface area contributed by atoms with Gasteiger partial charge in [0.15, 0.2) is 6.23 Å². The van der Waals surface area contributed by atoms with E-state index in [9.17, 15) is 5.11 Å². The lowest BCUT2D eigenvalue weighted by molar-refractivity contribution is -0.150. The minimum Gasteiger partial charge on any atom is -0.496 e. The minimum atomic E-state index is -0.647. The molecule has 2 aliphatic rings. The van der Waals surface area contributed by atoms with Crippen molar-refractivity contribution in [2.24, 2.45) is 0 Å². The zero-order valence-electron chi connectivity index (χ0n) is 20.9. The summed E-state index contributed by atoms with van der Waals surface area (Å²) in [7, 11) is 3.39. The predicted molar refractivity (Wildman–Crippen MR) is 139 cm³/mol. The van der Waals surface area contributed by atoms with E-state index in [4.69, 9.17) is 14.3 Å². The van der Waals surface area contributed by atoms with Crippen LogP contribution < -0.4 is 19.9 Å². The molecule has 1 aliphatic carbocycles. The maximum absolute atomic E-state index is 10.5. The number of hydrogen-bond acceptors (Lipinski definition) is 7. The van der Waals surface area contributed by atoms with Crippen molar-refractivity contribution >= 4 is 11.8 Å². The van der Waals surface area contributed by atoms with Crippen LogP contribution in [-0.2, 0) is 4.84 Å². The lowest BCUT2D eigenvalue weighted by atomic mass is 9.96. The fraction of sp³-hybridized carbons (Fsp3) is 0.429. The van der Waals surface area contributed by atoms with Crippen LogP contribution >= 0.6 is 0 Å². The SMILES string of the molecule is COc1ccccc1C=C1CCCC=C1NO[C@@H]([C@@H](C)O)N1CCN(c2ccccc2OC)CC1. The van der Waals surface area contributed by atoms with Gasteiger partial charge in [-0.05, 0) is 56.0 Å². The summed E-state index contributed by atoms with van der Waals surface area (Å²) in [6, 6.07) is 16.1. The van der Waals surface area contributed by atoms with E-state index in [1.807, 2.05) is 36.4 Å². The molecule has 0 amide bonds. The average Bonchev–Trinajstić information content (AvgIpc) is 2.90. The highest BCUT2D eigenvalue weighted by molar-refractivity contribution is 5.63. The molecule has 7 nitrogen and oxygen atoms in total. The van der Waals surface area contributed by atoms with E-state index in [2.05, 4.69) is 39.6 Å². The third kappa shape index (κ3) is 6.17. The molecule has 2 aromatic carbocycles. The van der Waals surface area contributed by atoms with Crippen LogP contribution in [0.4, 0.5) is 5.69 Å². The number of hydroxylamine groups is 1. The second-order valence-corrected chi connectivity index (χ2v) is 8.97. The fourth-order valence-corrected chi connectivity index (χ4v) is 4.75. The molecule has 2 aromatic rings. The molecule has 0 saturated carbocycles. The monoisotopic (exact) mass is 479 g/mol. The maximum atomic E-state index is 10.5. The van der Waals surface area contributed by atoms with E-state index in [1.165, 1.54) is 5.57 Å². The van der Waals surface area contributed by atoms with Gasteiger partial charge in [0.05, 0.1) is 31.7 Å². The van der Waals surface area contributed by atoms with Crippen molar-refractivity contribution in [1.82, 2.24) is 10.4 Å². The third-order valence-electron chi connectivity index (χ3n) is 6.62. The lowest BCUT2D eigenvalue weighted by Gasteiger charge is -2.41. The topological polar surface area (TPSA) is 66.4 Å². The van der Waals surface area contributed by atoms with E-state index < -0.39 is 12.3 Å². The van der Waals surface area contributed by atoms with Crippen LogP contribution in [0, 0.1) is 0 Å². The first kappa shape index (κ1) is 25.1. The molecule has 0 unspecified atom stereocenters. The molecule has 1 aliphatic heterocycles. The van der Waals surface area contributed by atoms with E-state index in [-0.39, 0.29) is 0 Å². The number of aliphatic hydroxyl groups excluding tert-OH is 1. The zero-order valence-corrected chi connectivity index (χ0v) is 20.9. The molecule has 0 spiro atoms. The smallest absolute Gasteiger partial charge is 0.164 e. The summed E-state index contributed by atoms with van der Waals surface area (Å²) in [4.78, 5) is 10.6. The average molecular weight is 480 g/mol. The van der Waals surface area contributed by atoms with Crippen molar-refractivity contribution in [2.45, 2.75) is 38.5 Å². The molecular weight excluding hydrogens is 442 g/mol. The Balaban J connectivity index is 1.41. The van der Waals surface area contributed by atoms with Gasteiger partial charge in [0.1, 0.15) is 11.5 Å². The highest BCUT2D eigenvalue weighted by Gasteiger charge is 2.29. The summed E-state index contributed by atoms with van der Waals surface area (Å²) in [5.74, 6) is 1.73. The Kier molecular flexibility index (Phi) is 8.69. The fourth-order valence-electron chi connectivity index (χ4n) is 4.75. The number of rotatable bonds is 9. The summed E-state index contributed by atoms with van der Waals surface area (Å²) in [5.41, 5.74) is 7.46. The largest absolute Gasteiger partial charge is 0.496 e. The Morgan fingerprint density at radius 2 is 1.63 bits per heavy atom. The maximum Gasteiger partial charge on any atom is 0.164 e. The summed E-state index contributed by atoms with van der Waals surface area (Å²) < 4.78 is 11.1. The summed E-state index contributed by atoms with van der Waals surface area (Å²) in [6.07, 6.45) is 6.27. The van der Waals surface area contributed by atoms with Crippen molar-refractivity contribution in [3.05, 3.63) is 71.4 Å². The van der Waals surface area contributed by atoms with Crippen LogP contribution in [-0.4, -0.2) is 62.7 Å². The number of aliphatic hydroxyl groups is 1. The van der Waals surface area contributed by atoms with Crippen molar-refractivity contribution in [2.75, 3.05) is 45.3 Å². The van der Waals surface area contributed by atoms with Gasteiger partial charge in [0.2, 0.25) is 0 Å². The quantitative estimate of drug-likeness (QED) is 0.523. The van der Waals surface area contributed by atoms with Crippen LogP contribution in [0.15, 0.2) is 65.9 Å². The molecule has 2 atom stereocenters. The first-order chi connectivity index (χ1) is 17.1. The Hall–Kier alpha value is -3.00. The van der Waals surface area contributed by atoms with Gasteiger partial charge in [-0.3, -0.25) is 15.2 Å². The Morgan fingerprint density at radius 3 is 2.34 bits per heavy atom. The second-order valence-electron chi connectivity index (χ2n) is 8.97. The first-order valence-electron chi connectivity index (χ1n) is 12.4. The van der Waals surface area contributed by atoms with Crippen LogP contribution in [0.3, 0.4) is 0 Å². The van der Waals surface area contributed by atoms with E-state index in [0.717, 1.165) is 73.9 Å². The van der Waals surface area contributed by atoms with Gasteiger partial charge in [-0.25, -0.2) is 0 Å². The number of methoxy groups -OCH3 is 2. The van der Waals surface area contributed by atoms with Crippen molar-refractivity contribution in [3.8, 4) is 11.5 Å². The van der Waals surface area contributed by atoms with Crippen LogP contribution in [0.25, 0.3) is 6.08 Å². The van der Waals surface area contributed by atoms with Gasteiger partial charge in [0, 0.05) is 31.7 Å². The Labute approximate surface area is 208 Å². The van der Waals surface area contributed by atoms with Crippen LogP contribution in [0.1, 0.15) is 31.7 Å². The molecule has 2 N–H and O–H groups in total. The number of para-hydroxylation sites is 3. The van der Waals surface area contributed by atoms with Crippen LogP contribution in [0.5, 0.6) is 11.5 Å². The molecule has 188 valence electrons.